The van der Waals surface area contributed by atoms with Crippen LogP contribution in [0.3, 0.4) is 0 Å². The van der Waals surface area contributed by atoms with Crippen molar-refractivity contribution in [1.82, 2.24) is 5.32 Å². The van der Waals surface area contributed by atoms with Gasteiger partial charge in [-0.1, -0.05) is 0 Å². The lowest BCUT2D eigenvalue weighted by molar-refractivity contribution is 0.184. The minimum Gasteiger partial charge on any atom is -0.475 e. The van der Waals surface area contributed by atoms with Crippen molar-refractivity contribution in [1.29, 1.82) is 0 Å². The molecule has 0 radical (unpaired) electrons. The standard InChI is InChI=1S/C6H11NO/c1-3-6-7-4-5(2)8-6/h3,5,7H,4H2,1-2H3. The summed E-state index contributed by atoms with van der Waals surface area (Å²) in [6, 6.07) is 0. The zero-order valence-corrected chi connectivity index (χ0v) is 5.27. The molecule has 1 fully saturated rings. The molecule has 0 aliphatic carbocycles. The van der Waals surface area contributed by atoms with Crippen LogP contribution in [-0.4, -0.2) is 12.6 Å². The molecule has 0 saturated carbocycles. The summed E-state index contributed by atoms with van der Waals surface area (Å²) >= 11 is 0. The van der Waals surface area contributed by atoms with Gasteiger partial charge in [-0.25, -0.2) is 0 Å². The topological polar surface area (TPSA) is 21.3 Å². The first kappa shape index (κ1) is 5.48. The Labute approximate surface area is 49.5 Å². The second-order valence-corrected chi connectivity index (χ2v) is 1.96. The van der Waals surface area contributed by atoms with Gasteiger partial charge in [0.25, 0.3) is 0 Å². The molecule has 0 spiro atoms. The van der Waals surface area contributed by atoms with Gasteiger partial charge in [0.2, 0.25) is 0 Å². The molecule has 0 aromatic heterocycles. The van der Waals surface area contributed by atoms with Gasteiger partial charge in [0.05, 0.1) is 6.54 Å². The molecule has 1 atom stereocenters. The third-order valence-corrected chi connectivity index (χ3v) is 1.15. The largest absolute Gasteiger partial charge is 0.475 e. The van der Waals surface area contributed by atoms with E-state index >= 15 is 0 Å². The van der Waals surface area contributed by atoms with E-state index in [2.05, 4.69) is 5.32 Å². The van der Waals surface area contributed by atoms with Crippen LogP contribution in [0.2, 0.25) is 0 Å². The summed E-state index contributed by atoms with van der Waals surface area (Å²) in [6.07, 6.45) is 2.28. The molecule has 1 saturated heterocycles. The molecule has 1 rings (SSSR count). The maximum Gasteiger partial charge on any atom is 0.182 e. The molecule has 1 aliphatic rings. The Kier molecular flexibility index (Phi) is 1.42. The summed E-state index contributed by atoms with van der Waals surface area (Å²) in [7, 11) is 0. The van der Waals surface area contributed by atoms with Crippen molar-refractivity contribution in [3.63, 3.8) is 0 Å². The van der Waals surface area contributed by atoms with Crippen molar-refractivity contribution in [2.45, 2.75) is 20.0 Å². The van der Waals surface area contributed by atoms with Gasteiger partial charge in [0, 0.05) is 0 Å². The highest BCUT2D eigenvalue weighted by atomic mass is 16.5. The third kappa shape index (κ3) is 0.941. The molecule has 0 aromatic carbocycles. The maximum atomic E-state index is 5.26. The van der Waals surface area contributed by atoms with Crippen LogP contribution in [0.25, 0.3) is 0 Å². The van der Waals surface area contributed by atoms with E-state index in [0.717, 1.165) is 12.4 Å². The van der Waals surface area contributed by atoms with Gasteiger partial charge in [-0.3, -0.25) is 0 Å². The smallest absolute Gasteiger partial charge is 0.182 e. The number of nitrogens with one attached hydrogen (secondary N) is 1. The van der Waals surface area contributed by atoms with Gasteiger partial charge in [-0.05, 0) is 19.9 Å². The quantitative estimate of drug-likeness (QED) is 0.503. The minimum atomic E-state index is 0.348. The average molecular weight is 113 g/mol. The van der Waals surface area contributed by atoms with Crippen LogP contribution in [0.1, 0.15) is 13.8 Å². The molecule has 1 aliphatic heterocycles. The van der Waals surface area contributed by atoms with Crippen molar-refractivity contribution >= 4 is 0 Å². The van der Waals surface area contributed by atoms with Crippen molar-refractivity contribution < 1.29 is 4.74 Å². The normalized spacial score (nSPS) is 32.2. The molecule has 0 bridgehead atoms. The fourth-order valence-corrected chi connectivity index (χ4v) is 0.715. The van der Waals surface area contributed by atoms with E-state index in [4.69, 9.17) is 4.74 Å². The molecule has 8 heavy (non-hydrogen) atoms. The Morgan fingerprint density at radius 1 is 1.88 bits per heavy atom. The molecular weight excluding hydrogens is 102 g/mol. The van der Waals surface area contributed by atoms with Crippen LogP contribution in [0.5, 0.6) is 0 Å². The zero-order chi connectivity index (χ0) is 5.98. The van der Waals surface area contributed by atoms with Crippen LogP contribution in [-0.2, 0) is 4.74 Å². The first-order valence-electron chi connectivity index (χ1n) is 2.90. The molecule has 2 nitrogen and oxygen atoms in total. The lowest BCUT2D eigenvalue weighted by Crippen LogP contribution is -2.08. The predicted octanol–water partition coefficient (Wildman–Crippen LogP) is 0.856. The summed E-state index contributed by atoms with van der Waals surface area (Å²) in [4.78, 5) is 0. The highest BCUT2D eigenvalue weighted by Crippen LogP contribution is 2.05. The molecule has 2 heteroatoms. The van der Waals surface area contributed by atoms with Crippen LogP contribution in [0, 0.1) is 0 Å². The van der Waals surface area contributed by atoms with Crippen LogP contribution in [0.15, 0.2) is 12.0 Å². The van der Waals surface area contributed by atoms with Gasteiger partial charge >= 0.3 is 0 Å². The number of ether oxygens (including phenoxy) is 1. The van der Waals surface area contributed by atoms with Gasteiger partial charge in [-0.15, -0.1) is 0 Å². The predicted molar refractivity (Wildman–Crippen MR) is 32.3 cm³/mol. The van der Waals surface area contributed by atoms with Gasteiger partial charge in [0.1, 0.15) is 6.10 Å². The summed E-state index contributed by atoms with van der Waals surface area (Å²) in [6.45, 7) is 4.95. The highest BCUT2D eigenvalue weighted by molar-refractivity contribution is 4.93. The van der Waals surface area contributed by atoms with E-state index in [9.17, 15) is 0 Å². The van der Waals surface area contributed by atoms with Crippen molar-refractivity contribution in [2.75, 3.05) is 6.54 Å². The van der Waals surface area contributed by atoms with Crippen molar-refractivity contribution in [2.24, 2.45) is 0 Å². The summed E-state index contributed by atoms with van der Waals surface area (Å²) in [5, 5.41) is 3.09. The molecule has 1 heterocycles. The third-order valence-electron chi connectivity index (χ3n) is 1.15. The number of hydrogen-bond acceptors (Lipinski definition) is 2. The molecule has 46 valence electrons. The van der Waals surface area contributed by atoms with E-state index in [1.807, 2.05) is 19.9 Å². The fourth-order valence-electron chi connectivity index (χ4n) is 0.715. The molecule has 1 N–H and O–H groups in total. The molecule has 1 unspecified atom stereocenters. The van der Waals surface area contributed by atoms with E-state index in [1.165, 1.54) is 0 Å². The second-order valence-electron chi connectivity index (χ2n) is 1.96. The number of rotatable bonds is 0. The van der Waals surface area contributed by atoms with Crippen molar-refractivity contribution in [3.05, 3.63) is 12.0 Å². The van der Waals surface area contributed by atoms with Gasteiger partial charge < -0.3 is 10.1 Å². The Bertz CT molecular complexity index is 109. The first-order chi connectivity index (χ1) is 3.83. The minimum absolute atomic E-state index is 0.348. The monoisotopic (exact) mass is 113 g/mol. The van der Waals surface area contributed by atoms with Gasteiger partial charge in [-0.2, -0.15) is 0 Å². The van der Waals surface area contributed by atoms with Crippen molar-refractivity contribution in [3.8, 4) is 0 Å². The first-order valence-corrected chi connectivity index (χ1v) is 2.90. The van der Waals surface area contributed by atoms with Crippen LogP contribution in [0.4, 0.5) is 0 Å². The fraction of sp³-hybridized carbons (Fsp3) is 0.667. The van der Waals surface area contributed by atoms with Crippen LogP contribution >= 0.6 is 0 Å². The highest BCUT2D eigenvalue weighted by Gasteiger charge is 2.12. The maximum absolute atomic E-state index is 5.26. The Balaban J connectivity index is 2.44. The second kappa shape index (κ2) is 2.07. The number of allylic oxidation sites excluding steroid dienone is 1. The summed E-state index contributed by atoms with van der Waals surface area (Å²) in [5.41, 5.74) is 0. The van der Waals surface area contributed by atoms with E-state index in [1.54, 1.807) is 0 Å². The van der Waals surface area contributed by atoms with E-state index in [0.29, 0.717) is 6.10 Å². The van der Waals surface area contributed by atoms with Crippen LogP contribution < -0.4 is 5.32 Å². The Morgan fingerprint density at radius 3 is 2.88 bits per heavy atom. The summed E-state index contributed by atoms with van der Waals surface area (Å²) in [5.74, 6) is 0.914. The Morgan fingerprint density at radius 2 is 2.62 bits per heavy atom. The average Bonchev–Trinajstić information content (AvgIpc) is 2.14. The van der Waals surface area contributed by atoms with E-state index < -0.39 is 0 Å². The lowest BCUT2D eigenvalue weighted by atomic mass is 10.4. The van der Waals surface area contributed by atoms with E-state index in [-0.39, 0.29) is 0 Å². The molecule has 0 amide bonds. The summed E-state index contributed by atoms with van der Waals surface area (Å²) < 4.78 is 5.26. The van der Waals surface area contributed by atoms with Gasteiger partial charge in [0.15, 0.2) is 5.88 Å². The molecule has 0 aromatic rings. The number of hydrogen-bond donors (Lipinski definition) is 1. The zero-order valence-electron chi connectivity index (χ0n) is 5.27. The Hall–Kier alpha value is -0.660. The molecular formula is C6H11NO. The SMILES string of the molecule is CC=C1NCC(C)O1. The lowest BCUT2D eigenvalue weighted by Gasteiger charge is -1.98.